The zero-order valence-electron chi connectivity index (χ0n) is 11.9. The molecule has 110 valence electrons. The molecule has 0 aliphatic carbocycles. The van der Waals surface area contributed by atoms with Gasteiger partial charge in [0.2, 0.25) is 0 Å². The zero-order valence-corrected chi connectivity index (χ0v) is 11.9. The monoisotopic (exact) mass is 279 g/mol. The Hall–Kier alpha value is -2.04. The fourth-order valence-corrected chi connectivity index (χ4v) is 1.66. The first-order valence-electron chi connectivity index (χ1n) is 6.78. The maximum absolute atomic E-state index is 11.9. The predicted molar refractivity (Wildman–Crippen MR) is 76.0 cm³/mol. The van der Waals surface area contributed by atoms with E-state index in [1.165, 1.54) is 0 Å². The van der Waals surface area contributed by atoms with Crippen molar-refractivity contribution in [3.63, 3.8) is 0 Å². The number of unbranched alkanes of at least 4 members (excludes halogenated alkanes) is 1. The number of ether oxygens (including phenoxy) is 1. The molecule has 0 saturated heterocycles. The minimum absolute atomic E-state index is 0.0933. The lowest BCUT2D eigenvalue weighted by Crippen LogP contribution is -2.34. The van der Waals surface area contributed by atoms with E-state index in [2.05, 4.69) is 12.2 Å². The standard InChI is InChI=1S/C15H21NO4/c1-3-4-9-20-13-7-5-12(6-8-13)15(19)16-11(2)10-14(17)18/h5-8,11H,3-4,9-10H2,1-2H3,(H,16,19)(H,17,18). The van der Waals surface area contributed by atoms with Gasteiger partial charge in [-0.2, -0.15) is 0 Å². The van der Waals surface area contributed by atoms with Crippen LogP contribution in [0.15, 0.2) is 24.3 Å². The van der Waals surface area contributed by atoms with Gasteiger partial charge in [0.05, 0.1) is 13.0 Å². The summed E-state index contributed by atoms with van der Waals surface area (Å²) >= 11 is 0. The Morgan fingerprint density at radius 1 is 1.30 bits per heavy atom. The molecule has 0 aliphatic rings. The van der Waals surface area contributed by atoms with Crippen molar-refractivity contribution in [3.8, 4) is 5.75 Å². The molecule has 1 aromatic rings. The average Bonchev–Trinajstić information content (AvgIpc) is 2.38. The predicted octanol–water partition coefficient (Wildman–Crippen LogP) is 2.46. The number of hydrogen-bond donors (Lipinski definition) is 2. The van der Waals surface area contributed by atoms with Crippen molar-refractivity contribution >= 4 is 11.9 Å². The van der Waals surface area contributed by atoms with Gasteiger partial charge < -0.3 is 15.2 Å². The van der Waals surface area contributed by atoms with Crippen molar-refractivity contribution < 1.29 is 19.4 Å². The van der Waals surface area contributed by atoms with Gasteiger partial charge in [0.25, 0.3) is 5.91 Å². The number of nitrogens with one attached hydrogen (secondary N) is 1. The van der Waals surface area contributed by atoms with E-state index in [4.69, 9.17) is 9.84 Å². The molecule has 0 spiro atoms. The lowest BCUT2D eigenvalue weighted by atomic mass is 10.1. The normalized spacial score (nSPS) is 11.7. The molecule has 1 atom stereocenters. The third-order valence-corrected chi connectivity index (χ3v) is 2.74. The summed E-state index contributed by atoms with van der Waals surface area (Å²) in [5, 5.41) is 11.3. The molecular formula is C15H21NO4. The highest BCUT2D eigenvalue weighted by Crippen LogP contribution is 2.13. The van der Waals surface area contributed by atoms with Crippen molar-refractivity contribution in [1.82, 2.24) is 5.32 Å². The number of rotatable bonds is 8. The second-order valence-corrected chi connectivity index (χ2v) is 4.70. The second-order valence-electron chi connectivity index (χ2n) is 4.70. The summed E-state index contributed by atoms with van der Waals surface area (Å²) in [5.41, 5.74) is 0.491. The molecule has 0 aromatic heterocycles. The van der Waals surface area contributed by atoms with Crippen LogP contribution >= 0.6 is 0 Å². The summed E-state index contributed by atoms with van der Waals surface area (Å²) in [6, 6.07) is 6.42. The molecule has 1 aromatic carbocycles. The molecule has 0 saturated carbocycles. The quantitative estimate of drug-likeness (QED) is 0.717. The molecule has 20 heavy (non-hydrogen) atoms. The van der Waals surface area contributed by atoms with Gasteiger partial charge in [0.15, 0.2) is 0 Å². The number of carboxylic acid groups (broad SMARTS) is 1. The topological polar surface area (TPSA) is 75.6 Å². The first kappa shape index (κ1) is 16.0. The minimum Gasteiger partial charge on any atom is -0.494 e. The van der Waals surface area contributed by atoms with E-state index in [-0.39, 0.29) is 12.3 Å². The van der Waals surface area contributed by atoms with Crippen LogP contribution in [-0.4, -0.2) is 29.6 Å². The van der Waals surface area contributed by atoms with Gasteiger partial charge in [-0.15, -0.1) is 0 Å². The summed E-state index contributed by atoms with van der Waals surface area (Å²) in [6.45, 7) is 4.42. The van der Waals surface area contributed by atoms with Crippen LogP contribution in [0.3, 0.4) is 0 Å². The fourth-order valence-electron chi connectivity index (χ4n) is 1.66. The molecule has 2 N–H and O–H groups in total. The van der Waals surface area contributed by atoms with E-state index < -0.39 is 12.0 Å². The maximum atomic E-state index is 11.9. The molecule has 0 aliphatic heterocycles. The number of benzene rings is 1. The van der Waals surface area contributed by atoms with E-state index in [9.17, 15) is 9.59 Å². The van der Waals surface area contributed by atoms with Gasteiger partial charge in [-0.3, -0.25) is 9.59 Å². The fraction of sp³-hybridized carbons (Fsp3) is 0.467. The van der Waals surface area contributed by atoms with Gasteiger partial charge in [0, 0.05) is 11.6 Å². The lowest BCUT2D eigenvalue weighted by Gasteiger charge is -2.12. The summed E-state index contributed by atoms with van der Waals surface area (Å²) in [4.78, 5) is 22.4. The minimum atomic E-state index is -0.933. The van der Waals surface area contributed by atoms with Crippen molar-refractivity contribution in [1.29, 1.82) is 0 Å². The van der Waals surface area contributed by atoms with Crippen molar-refractivity contribution in [2.45, 2.75) is 39.2 Å². The second kappa shape index (κ2) is 8.19. The summed E-state index contributed by atoms with van der Waals surface area (Å²) in [5.74, 6) is -0.482. The van der Waals surface area contributed by atoms with Gasteiger partial charge in [0.1, 0.15) is 5.75 Å². The number of amides is 1. The van der Waals surface area contributed by atoms with E-state index >= 15 is 0 Å². The highest BCUT2D eigenvalue weighted by Gasteiger charge is 2.12. The van der Waals surface area contributed by atoms with Crippen molar-refractivity contribution in [2.24, 2.45) is 0 Å². The molecule has 0 radical (unpaired) electrons. The van der Waals surface area contributed by atoms with Crippen LogP contribution < -0.4 is 10.1 Å². The van der Waals surface area contributed by atoms with Gasteiger partial charge in [-0.25, -0.2) is 0 Å². The van der Waals surface area contributed by atoms with E-state index in [0.717, 1.165) is 18.6 Å². The summed E-state index contributed by atoms with van der Waals surface area (Å²) < 4.78 is 5.51. The Morgan fingerprint density at radius 3 is 2.50 bits per heavy atom. The highest BCUT2D eigenvalue weighted by atomic mass is 16.5. The van der Waals surface area contributed by atoms with Crippen LogP contribution in [0, 0.1) is 0 Å². The third-order valence-electron chi connectivity index (χ3n) is 2.74. The molecule has 1 unspecified atom stereocenters. The average molecular weight is 279 g/mol. The smallest absolute Gasteiger partial charge is 0.305 e. The Labute approximate surface area is 118 Å². The third kappa shape index (κ3) is 5.73. The van der Waals surface area contributed by atoms with Crippen molar-refractivity contribution in [2.75, 3.05) is 6.61 Å². The number of hydrogen-bond acceptors (Lipinski definition) is 3. The van der Waals surface area contributed by atoms with Gasteiger partial charge >= 0.3 is 5.97 Å². The van der Waals surface area contributed by atoms with E-state index in [0.29, 0.717) is 12.2 Å². The number of carbonyl (C=O) groups is 2. The largest absolute Gasteiger partial charge is 0.494 e. The van der Waals surface area contributed by atoms with Crippen LogP contribution in [0.1, 0.15) is 43.5 Å². The maximum Gasteiger partial charge on any atom is 0.305 e. The van der Waals surface area contributed by atoms with Crippen LogP contribution in [0.4, 0.5) is 0 Å². The zero-order chi connectivity index (χ0) is 15.0. The molecule has 0 bridgehead atoms. The van der Waals surface area contributed by atoms with Crippen molar-refractivity contribution in [3.05, 3.63) is 29.8 Å². The molecule has 0 heterocycles. The first-order chi connectivity index (χ1) is 9.52. The first-order valence-corrected chi connectivity index (χ1v) is 6.78. The lowest BCUT2D eigenvalue weighted by molar-refractivity contribution is -0.137. The summed E-state index contributed by atoms with van der Waals surface area (Å²) in [7, 11) is 0. The van der Waals surface area contributed by atoms with Crippen LogP contribution in [0.2, 0.25) is 0 Å². The van der Waals surface area contributed by atoms with Gasteiger partial charge in [-0.05, 0) is 37.6 Å². The number of carbonyl (C=O) groups excluding carboxylic acids is 1. The Balaban J connectivity index is 2.50. The van der Waals surface area contributed by atoms with Gasteiger partial charge in [-0.1, -0.05) is 13.3 Å². The Bertz CT molecular complexity index is 442. The number of aliphatic carboxylic acids is 1. The molecular weight excluding hydrogens is 258 g/mol. The SMILES string of the molecule is CCCCOc1ccc(C(=O)NC(C)CC(=O)O)cc1. The van der Waals surface area contributed by atoms with E-state index in [1.54, 1.807) is 31.2 Å². The van der Waals surface area contributed by atoms with E-state index in [1.807, 2.05) is 0 Å². The molecule has 1 amide bonds. The van der Waals surface area contributed by atoms with Crippen LogP contribution in [0.25, 0.3) is 0 Å². The van der Waals surface area contributed by atoms with Crippen LogP contribution in [-0.2, 0) is 4.79 Å². The molecule has 0 fully saturated rings. The molecule has 1 rings (SSSR count). The Kier molecular flexibility index (Phi) is 6.56. The number of carboxylic acids is 1. The summed E-state index contributed by atoms with van der Waals surface area (Å²) in [6.07, 6.45) is 1.97. The van der Waals surface area contributed by atoms with Crippen LogP contribution in [0.5, 0.6) is 5.75 Å². The highest BCUT2D eigenvalue weighted by molar-refractivity contribution is 5.94. The Morgan fingerprint density at radius 2 is 1.95 bits per heavy atom. The molecule has 5 nitrogen and oxygen atoms in total. The molecule has 5 heteroatoms.